The average Bonchev–Trinajstić information content (AvgIpc) is 2.59. The fourth-order valence-electron chi connectivity index (χ4n) is 2.43. The molecule has 5 heteroatoms. The van der Waals surface area contributed by atoms with Gasteiger partial charge in [0.25, 0.3) is 5.91 Å². The molecule has 2 aromatic carbocycles. The number of benzene rings is 2. The topological polar surface area (TPSA) is 47.6 Å². The van der Waals surface area contributed by atoms with Crippen molar-refractivity contribution >= 4 is 5.91 Å². The van der Waals surface area contributed by atoms with Crippen LogP contribution in [-0.2, 0) is 4.79 Å². The standard InChI is InChI=1S/C20H24FNO3/c1-4-17(25-19-8-6-5-7-16(19)21)20(23)22-11-12-24-18-10-9-14(2)13-15(18)3/h5-10,13,17H,4,11-12H2,1-3H3,(H,22,23). The highest BCUT2D eigenvalue weighted by molar-refractivity contribution is 5.81. The molecular formula is C20H24FNO3. The first-order chi connectivity index (χ1) is 12.0. The summed E-state index contributed by atoms with van der Waals surface area (Å²) in [5.74, 6) is 0.118. The van der Waals surface area contributed by atoms with Crippen LogP contribution in [0.5, 0.6) is 11.5 Å². The normalized spacial score (nSPS) is 11.7. The van der Waals surface area contributed by atoms with Gasteiger partial charge in [-0.1, -0.05) is 36.8 Å². The van der Waals surface area contributed by atoms with Crippen molar-refractivity contribution in [3.8, 4) is 11.5 Å². The number of hydrogen-bond donors (Lipinski definition) is 1. The monoisotopic (exact) mass is 345 g/mol. The number of carbonyl (C=O) groups excluding carboxylic acids is 1. The molecule has 0 aliphatic carbocycles. The van der Waals surface area contributed by atoms with Crippen LogP contribution in [0.4, 0.5) is 4.39 Å². The van der Waals surface area contributed by atoms with E-state index in [4.69, 9.17) is 9.47 Å². The Morgan fingerprint density at radius 1 is 1.16 bits per heavy atom. The molecule has 0 fully saturated rings. The smallest absolute Gasteiger partial charge is 0.261 e. The highest BCUT2D eigenvalue weighted by Gasteiger charge is 2.19. The number of ether oxygens (including phenoxy) is 2. The van der Waals surface area contributed by atoms with E-state index in [2.05, 4.69) is 5.32 Å². The van der Waals surface area contributed by atoms with Gasteiger partial charge in [-0.2, -0.15) is 0 Å². The van der Waals surface area contributed by atoms with E-state index in [-0.39, 0.29) is 11.7 Å². The van der Waals surface area contributed by atoms with Crippen LogP contribution in [-0.4, -0.2) is 25.2 Å². The Bertz CT molecular complexity index is 718. The summed E-state index contributed by atoms with van der Waals surface area (Å²) in [5, 5.41) is 2.76. The highest BCUT2D eigenvalue weighted by Crippen LogP contribution is 2.19. The number of amides is 1. The maximum absolute atomic E-state index is 13.6. The van der Waals surface area contributed by atoms with Gasteiger partial charge in [-0.15, -0.1) is 0 Å². The van der Waals surface area contributed by atoms with E-state index in [1.54, 1.807) is 12.1 Å². The van der Waals surface area contributed by atoms with Gasteiger partial charge in [-0.3, -0.25) is 4.79 Å². The van der Waals surface area contributed by atoms with Crippen molar-refractivity contribution in [3.63, 3.8) is 0 Å². The van der Waals surface area contributed by atoms with Gasteiger partial charge in [0.2, 0.25) is 0 Å². The highest BCUT2D eigenvalue weighted by atomic mass is 19.1. The van der Waals surface area contributed by atoms with Crippen LogP contribution in [0, 0.1) is 19.7 Å². The SMILES string of the molecule is CCC(Oc1ccccc1F)C(=O)NCCOc1ccc(C)cc1C. The molecule has 0 aromatic heterocycles. The van der Waals surface area contributed by atoms with Crippen LogP contribution in [0.1, 0.15) is 24.5 Å². The van der Waals surface area contributed by atoms with E-state index in [9.17, 15) is 9.18 Å². The second-order valence-corrected chi connectivity index (χ2v) is 5.85. The summed E-state index contributed by atoms with van der Waals surface area (Å²) in [6.07, 6.45) is -0.295. The molecule has 0 aliphatic heterocycles. The Morgan fingerprint density at radius 3 is 2.60 bits per heavy atom. The molecule has 0 spiro atoms. The van der Waals surface area contributed by atoms with E-state index >= 15 is 0 Å². The molecule has 25 heavy (non-hydrogen) atoms. The van der Waals surface area contributed by atoms with Gasteiger partial charge in [0.05, 0.1) is 6.54 Å². The third-order valence-electron chi connectivity index (χ3n) is 3.76. The van der Waals surface area contributed by atoms with E-state index in [0.717, 1.165) is 11.3 Å². The number of aryl methyl sites for hydroxylation is 2. The average molecular weight is 345 g/mol. The second kappa shape index (κ2) is 9.06. The Balaban J connectivity index is 1.81. The molecule has 0 radical (unpaired) electrons. The van der Waals surface area contributed by atoms with Gasteiger partial charge in [0.1, 0.15) is 12.4 Å². The molecule has 134 valence electrons. The summed E-state index contributed by atoms with van der Waals surface area (Å²) in [5.41, 5.74) is 2.23. The van der Waals surface area contributed by atoms with E-state index in [1.165, 1.54) is 17.7 Å². The summed E-state index contributed by atoms with van der Waals surface area (Å²) in [7, 11) is 0. The van der Waals surface area contributed by atoms with Gasteiger partial charge < -0.3 is 14.8 Å². The van der Waals surface area contributed by atoms with Gasteiger partial charge >= 0.3 is 0 Å². The molecule has 0 saturated heterocycles. The third-order valence-corrected chi connectivity index (χ3v) is 3.76. The van der Waals surface area contributed by atoms with Gasteiger partial charge in [0, 0.05) is 0 Å². The number of rotatable bonds is 8. The molecular weight excluding hydrogens is 321 g/mol. The van der Waals surface area contributed by atoms with Crippen LogP contribution >= 0.6 is 0 Å². The lowest BCUT2D eigenvalue weighted by atomic mass is 10.1. The Hall–Kier alpha value is -2.56. The van der Waals surface area contributed by atoms with Crippen molar-refractivity contribution in [2.75, 3.05) is 13.2 Å². The minimum atomic E-state index is -0.738. The Labute approximate surface area is 148 Å². The molecule has 2 rings (SSSR count). The Morgan fingerprint density at radius 2 is 1.92 bits per heavy atom. The fraction of sp³-hybridized carbons (Fsp3) is 0.350. The van der Waals surface area contributed by atoms with Crippen molar-refractivity contribution in [2.45, 2.75) is 33.3 Å². The first kappa shape index (κ1) is 18.8. The summed E-state index contributed by atoms with van der Waals surface area (Å²) in [4.78, 5) is 12.2. The molecule has 0 aliphatic rings. The zero-order chi connectivity index (χ0) is 18.2. The van der Waals surface area contributed by atoms with Crippen LogP contribution in [0.2, 0.25) is 0 Å². The van der Waals surface area contributed by atoms with Crippen molar-refractivity contribution < 1.29 is 18.7 Å². The zero-order valence-corrected chi connectivity index (χ0v) is 14.8. The number of nitrogens with one attached hydrogen (secondary N) is 1. The molecule has 0 bridgehead atoms. The molecule has 2 aromatic rings. The molecule has 1 atom stereocenters. The largest absolute Gasteiger partial charge is 0.491 e. The van der Waals surface area contributed by atoms with Crippen molar-refractivity contribution in [3.05, 3.63) is 59.4 Å². The minimum Gasteiger partial charge on any atom is -0.491 e. The quantitative estimate of drug-likeness (QED) is 0.741. The van der Waals surface area contributed by atoms with Crippen LogP contribution in [0.3, 0.4) is 0 Å². The number of para-hydroxylation sites is 1. The van der Waals surface area contributed by atoms with Gasteiger partial charge in [-0.25, -0.2) is 4.39 Å². The summed E-state index contributed by atoms with van der Waals surface area (Å²) in [6.45, 7) is 6.53. The number of halogens is 1. The molecule has 0 saturated carbocycles. The zero-order valence-electron chi connectivity index (χ0n) is 14.8. The summed E-state index contributed by atoms with van der Waals surface area (Å²) in [6, 6.07) is 12.0. The lowest BCUT2D eigenvalue weighted by Gasteiger charge is -2.18. The number of hydrogen-bond acceptors (Lipinski definition) is 3. The van der Waals surface area contributed by atoms with Crippen LogP contribution < -0.4 is 14.8 Å². The van der Waals surface area contributed by atoms with E-state index in [1.807, 2.05) is 39.0 Å². The molecule has 0 heterocycles. The van der Waals surface area contributed by atoms with Gasteiger partial charge in [0.15, 0.2) is 17.7 Å². The summed E-state index contributed by atoms with van der Waals surface area (Å²) >= 11 is 0. The maximum Gasteiger partial charge on any atom is 0.261 e. The molecule has 1 unspecified atom stereocenters. The fourth-order valence-corrected chi connectivity index (χ4v) is 2.43. The van der Waals surface area contributed by atoms with Gasteiger partial charge in [-0.05, 0) is 44.0 Å². The minimum absolute atomic E-state index is 0.0797. The number of carbonyl (C=O) groups is 1. The first-order valence-electron chi connectivity index (χ1n) is 8.40. The molecule has 1 amide bonds. The summed E-state index contributed by atoms with van der Waals surface area (Å²) < 4.78 is 24.8. The van der Waals surface area contributed by atoms with Crippen molar-refractivity contribution in [1.82, 2.24) is 5.32 Å². The first-order valence-corrected chi connectivity index (χ1v) is 8.40. The molecule has 4 nitrogen and oxygen atoms in total. The second-order valence-electron chi connectivity index (χ2n) is 5.85. The third kappa shape index (κ3) is 5.48. The lowest BCUT2D eigenvalue weighted by molar-refractivity contribution is -0.128. The van der Waals surface area contributed by atoms with Crippen LogP contribution in [0.15, 0.2) is 42.5 Å². The van der Waals surface area contributed by atoms with E-state index < -0.39 is 11.9 Å². The molecule has 1 N–H and O–H groups in total. The Kier molecular flexibility index (Phi) is 6.81. The van der Waals surface area contributed by atoms with Crippen molar-refractivity contribution in [1.29, 1.82) is 0 Å². The van der Waals surface area contributed by atoms with Crippen LogP contribution in [0.25, 0.3) is 0 Å². The van der Waals surface area contributed by atoms with Crippen molar-refractivity contribution in [2.24, 2.45) is 0 Å². The lowest BCUT2D eigenvalue weighted by Crippen LogP contribution is -2.39. The predicted molar refractivity (Wildman–Crippen MR) is 95.5 cm³/mol. The predicted octanol–water partition coefficient (Wildman–Crippen LogP) is 3.80. The maximum atomic E-state index is 13.6. The van der Waals surface area contributed by atoms with E-state index in [0.29, 0.717) is 19.6 Å².